The number of rotatable bonds is 4. The van der Waals surface area contributed by atoms with E-state index in [4.69, 9.17) is 11.6 Å². The van der Waals surface area contributed by atoms with Crippen molar-refractivity contribution in [1.82, 2.24) is 4.98 Å². The van der Waals surface area contributed by atoms with Crippen LogP contribution >= 0.6 is 11.6 Å². The number of hydrogen-bond donors (Lipinski definition) is 1. The molecule has 136 valence electrons. The highest BCUT2D eigenvalue weighted by molar-refractivity contribution is 6.30. The molecule has 1 amide bonds. The van der Waals surface area contributed by atoms with Crippen LogP contribution in [0.4, 0.5) is 10.1 Å². The van der Waals surface area contributed by atoms with Gasteiger partial charge < -0.3 is 5.32 Å². The second kappa shape index (κ2) is 7.73. The van der Waals surface area contributed by atoms with E-state index in [1.54, 1.807) is 0 Å². The molecular weight excluding hydrogens is 365 g/mol. The Labute approximate surface area is 161 Å². The van der Waals surface area contributed by atoms with Crippen LogP contribution in [0.2, 0.25) is 5.15 Å². The Kier molecular flexibility index (Phi) is 5.38. The summed E-state index contributed by atoms with van der Waals surface area (Å²) in [6.45, 7) is 3.93. The Morgan fingerprint density at radius 1 is 1.22 bits per heavy atom. The molecule has 1 heterocycles. The van der Waals surface area contributed by atoms with Gasteiger partial charge in [0.2, 0.25) is 5.91 Å². The molecule has 0 radical (unpaired) electrons. The number of aromatic nitrogens is 1. The van der Waals surface area contributed by atoms with Crippen LogP contribution in [-0.2, 0) is 11.2 Å². The van der Waals surface area contributed by atoms with E-state index in [0.717, 1.165) is 22.0 Å². The lowest BCUT2D eigenvalue weighted by molar-refractivity contribution is -0.118. The predicted octanol–water partition coefficient (Wildman–Crippen LogP) is 4.97. The summed E-state index contributed by atoms with van der Waals surface area (Å²) in [5.74, 6) is -1.82. The second-order valence-electron chi connectivity index (χ2n) is 6.42. The number of hydrogen-bond acceptors (Lipinski definition) is 3. The monoisotopic (exact) mass is 381 g/mol. The molecule has 1 atom stereocenters. The molecule has 0 saturated carbocycles. The number of amides is 1. The minimum atomic E-state index is -0.947. The van der Waals surface area contributed by atoms with Gasteiger partial charge in [-0.1, -0.05) is 23.7 Å². The molecule has 0 aliphatic carbocycles. The number of anilines is 1. The largest absolute Gasteiger partial charge is 0.325 e. The molecule has 0 saturated heterocycles. The van der Waals surface area contributed by atoms with Crippen LogP contribution in [0.25, 0.3) is 10.9 Å². The molecule has 27 heavy (non-hydrogen) atoms. The number of nitriles is 1. The number of nitrogens with zero attached hydrogens (tertiary/aromatic N) is 2. The van der Waals surface area contributed by atoms with E-state index in [1.165, 1.54) is 24.3 Å². The van der Waals surface area contributed by atoms with Gasteiger partial charge in [-0.15, -0.1) is 0 Å². The molecule has 0 fully saturated rings. The highest BCUT2D eigenvalue weighted by atomic mass is 35.5. The zero-order chi connectivity index (χ0) is 19.6. The van der Waals surface area contributed by atoms with E-state index >= 15 is 0 Å². The van der Waals surface area contributed by atoms with Gasteiger partial charge >= 0.3 is 0 Å². The minimum Gasteiger partial charge on any atom is -0.325 e. The second-order valence-corrected chi connectivity index (χ2v) is 6.77. The van der Waals surface area contributed by atoms with Gasteiger partial charge in [-0.3, -0.25) is 4.79 Å². The molecule has 0 unspecified atom stereocenters. The summed E-state index contributed by atoms with van der Waals surface area (Å²) in [6, 6.07) is 13.3. The van der Waals surface area contributed by atoms with E-state index < -0.39 is 17.6 Å². The highest BCUT2D eigenvalue weighted by Gasteiger charge is 2.21. The maximum Gasteiger partial charge on any atom is 0.242 e. The summed E-state index contributed by atoms with van der Waals surface area (Å²) < 4.78 is 13.0. The van der Waals surface area contributed by atoms with E-state index in [0.29, 0.717) is 11.3 Å². The smallest absolute Gasteiger partial charge is 0.242 e. The van der Waals surface area contributed by atoms with Crippen molar-refractivity contribution in [3.8, 4) is 6.07 Å². The Morgan fingerprint density at radius 3 is 2.56 bits per heavy atom. The van der Waals surface area contributed by atoms with Crippen molar-refractivity contribution in [2.45, 2.75) is 20.3 Å². The summed E-state index contributed by atoms with van der Waals surface area (Å²) in [6.07, 6.45) is 0.138. The molecule has 6 heteroatoms. The normalized spacial score (nSPS) is 11.8. The Balaban J connectivity index is 1.86. The zero-order valence-electron chi connectivity index (χ0n) is 14.9. The number of benzene rings is 2. The fourth-order valence-corrected chi connectivity index (χ4v) is 3.09. The molecule has 0 aliphatic heterocycles. The maximum absolute atomic E-state index is 13.0. The molecule has 3 aromatic rings. The molecule has 1 N–H and O–H groups in total. The van der Waals surface area contributed by atoms with Crippen molar-refractivity contribution in [2.75, 3.05) is 5.32 Å². The number of aryl methyl sites for hydroxylation is 2. The molecule has 3 rings (SSSR count). The number of carbonyl (C=O) groups excluding carboxylic acids is 1. The van der Waals surface area contributed by atoms with Gasteiger partial charge in [0.15, 0.2) is 0 Å². The third kappa shape index (κ3) is 4.07. The lowest BCUT2D eigenvalue weighted by atomic mass is 9.97. The minimum absolute atomic E-state index is 0.138. The number of pyridine rings is 1. The Bertz CT molecular complexity index is 1060. The van der Waals surface area contributed by atoms with Crippen LogP contribution in [-0.4, -0.2) is 10.9 Å². The predicted molar refractivity (Wildman–Crippen MR) is 104 cm³/mol. The number of nitrogens with one attached hydrogen (secondary N) is 1. The van der Waals surface area contributed by atoms with Crippen molar-refractivity contribution in [2.24, 2.45) is 5.92 Å². The number of halogens is 2. The van der Waals surface area contributed by atoms with Gasteiger partial charge in [-0.25, -0.2) is 9.37 Å². The molecule has 1 aromatic heterocycles. The summed E-state index contributed by atoms with van der Waals surface area (Å²) >= 11 is 6.32. The van der Waals surface area contributed by atoms with Gasteiger partial charge in [0.05, 0.1) is 11.6 Å². The van der Waals surface area contributed by atoms with Crippen LogP contribution in [0.1, 0.15) is 16.7 Å². The third-order valence-electron chi connectivity index (χ3n) is 4.44. The van der Waals surface area contributed by atoms with E-state index in [2.05, 4.69) is 10.3 Å². The van der Waals surface area contributed by atoms with Gasteiger partial charge in [-0.2, -0.15) is 5.26 Å². The van der Waals surface area contributed by atoms with Crippen molar-refractivity contribution >= 4 is 34.1 Å². The van der Waals surface area contributed by atoms with Gasteiger partial charge in [0.25, 0.3) is 0 Å². The quantitative estimate of drug-likeness (QED) is 0.649. The molecule has 0 spiro atoms. The molecule has 0 bridgehead atoms. The van der Waals surface area contributed by atoms with Crippen LogP contribution in [0.5, 0.6) is 0 Å². The fraction of sp³-hybridized carbons (Fsp3) is 0.190. The molecule has 2 aromatic carbocycles. The van der Waals surface area contributed by atoms with Crippen molar-refractivity contribution in [3.05, 3.63) is 70.1 Å². The Hall–Kier alpha value is -2.97. The van der Waals surface area contributed by atoms with Crippen LogP contribution in [0, 0.1) is 36.9 Å². The van der Waals surface area contributed by atoms with E-state index in [9.17, 15) is 14.4 Å². The van der Waals surface area contributed by atoms with E-state index in [1.807, 2.05) is 38.1 Å². The van der Waals surface area contributed by atoms with Crippen LogP contribution in [0.15, 0.2) is 42.5 Å². The fourth-order valence-electron chi connectivity index (χ4n) is 2.87. The first-order valence-electron chi connectivity index (χ1n) is 8.40. The Morgan fingerprint density at radius 2 is 1.89 bits per heavy atom. The van der Waals surface area contributed by atoms with Gasteiger partial charge in [-0.05, 0) is 60.9 Å². The summed E-state index contributed by atoms with van der Waals surface area (Å²) in [5, 5.41) is 13.3. The average molecular weight is 382 g/mol. The SMILES string of the molecule is Cc1ccc(C)c2nc(Cl)c(C[C@@H](C#N)C(=O)Nc3ccc(F)cc3)cc12. The topological polar surface area (TPSA) is 65.8 Å². The number of fused-ring (bicyclic) bond motifs is 1. The molecule has 0 aliphatic rings. The van der Waals surface area contributed by atoms with Gasteiger partial charge in [0, 0.05) is 17.5 Å². The molecule has 4 nitrogen and oxygen atoms in total. The summed E-state index contributed by atoms with van der Waals surface area (Å²) in [4.78, 5) is 16.9. The zero-order valence-corrected chi connectivity index (χ0v) is 15.6. The lowest BCUT2D eigenvalue weighted by Gasteiger charge is -2.13. The first-order chi connectivity index (χ1) is 12.9. The lowest BCUT2D eigenvalue weighted by Crippen LogP contribution is -2.23. The van der Waals surface area contributed by atoms with Crippen molar-refractivity contribution < 1.29 is 9.18 Å². The van der Waals surface area contributed by atoms with Crippen molar-refractivity contribution in [1.29, 1.82) is 5.26 Å². The number of carbonyl (C=O) groups is 1. The van der Waals surface area contributed by atoms with Crippen LogP contribution in [0.3, 0.4) is 0 Å². The molecular formula is C21H17ClFN3O. The van der Waals surface area contributed by atoms with Crippen molar-refractivity contribution in [3.63, 3.8) is 0 Å². The summed E-state index contributed by atoms with van der Waals surface area (Å²) in [7, 11) is 0. The maximum atomic E-state index is 13.0. The van der Waals surface area contributed by atoms with Gasteiger partial charge in [0.1, 0.15) is 16.9 Å². The first kappa shape index (κ1) is 18.8. The van der Waals surface area contributed by atoms with Crippen LogP contribution < -0.4 is 5.32 Å². The summed E-state index contributed by atoms with van der Waals surface area (Å²) in [5.41, 5.74) is 3.93. The first-order valence-corrected chi connectivity index (χ1v) is 8.78. The highest BCUT2D eigenvalue weighted by Crippen LogP contribution is 2.27. The van der Waals surface area contributed by atoms with E-state index in [-0.39, 0.29) is 11.6 Å². The standard InChI is InChI=1S/C21H17ClFN3O/c1-12-3-4-13(2)19-18(12)10-14(20(22)26-19)9-15(11-24)21(27)25-17-7-5-16(23)6-8-17/h3-8,10,15H,9H2,1-2H3,(H,25,27)/t15-/m0/s1. The third-order valence-corrected chi connectivity index (χ3v) is 4.77. The average Bonchev–Trinajstić information content (AvgIpc) is 2.65.